The molecule has 2 N–H and O–H groups in total. The fourth-order valence-electron chi connectivity index (χ4n) is 2.77. The maximum Gasteiger partial charge on any atom is 0.166 e. The molecule has 140 valence electrons. The first-order valence-corrected chi connectivity index (χ1v) is 11.5. The van der Waals surface area contributed by atoms with E-state index in [0.717, 1.165) is 50.3 Å². The Morgan fingerprint density at radius 3 is 2.11 bits per heavy atom. The molecule has 0 aliphatic carbocycles. The Kier molecular flexibility index (Phi) is 6.18. The molecule has 2 heterocycles. The van der Waals surface area contributed by atoms with Crippen LogP contribution in [0.25, 0.3) is 22.1 Å². The number of aromatic amines is 2. The van der Waals surface area contributed by atoms with E-state index in [1.54, 1.807) is 29.6 Å². The molecule has 27 heavy (non-hydrogen) atoms. The van der Waals surface area contributed by atoms with Crippen LogP contribution in [-0.4, -0.2) is 31.4 Å². The predicted molar refractivity (Wildman–Crippen MR) is 118 cm³/mol. The van der Waals surface area contributed by atoms with Crippen LogP contribution in [0.1, 0.15) is 19.3 Å². The first-order chi connectivity index (χ1) is 13.2. The molecule has 0 radical (unpaired) electrons. The number of halogens is 2. The molecule has 4 aromatic rings. The topological polar surface area (TPSA) is 57.4 Å². The highest BCUT2D eigenvalue weighted by atomic mass is 35.5. The van der Waals surface area contributed by atoms with Crippen molar-refractivity contribution in [2.24, 2.45) is 0 Å². The molecule has 0 aliphatic rings. The second kappa shape index (κ2) is 8.78. The summed E-state index contributed by atoms with van der Waals surface area (Å²) >= 11 is 15.6. The van der Waals surface area contributed by atoms with E-state index in [-0.39, 0.29) is 0 Å². The van der Waals surface area contributed by atoms with Gasteiger partial charge in [0.25, 0.3) is 0 Å². The van der Waals surface area contributed by atoms with E-state index in [4.69, 9.17) is 23.2 Å². The molecule has 2 aromatic heterocycles. The van der Waals surface area contributed by atoms with E-state index >= 15 is 0 Å². The van der Waals surface area contributed by atoms with Crippen molar-refractivity contribution < 1.29 is 0 Å². The Bertz CT molecular complexity index is 988. The summed E-state index contributed by atoms with van der Waals surface area (Å²) in [5.41, 5.74) is 3.91. The van der Waals surface area contributed by atoms with Crippen LogP contribution in [0.2, 0.25) is 10.0 Å². The molecule has 0 spiro atoms. The SMILES string of the molecule is Clc1cc2nc(SCCCCCSc3nc4ccccc4[nH]3)[nH]c2cc1Cl. The van der Waals surface area contributed by atoms with Crippen LogP contribution in [0, 0.1) is 0 Å². The molecular weight excluding hydrogens is 419 g/mol. The number of aromatic nitrogens is 4. The molecule has 0 aliphatic heterocycles. The van der Waals surface area contributed by atoms with Crippen molar-refractivity contribution >= 4 is 68.8 Å². The van der Waals surface area contributed by atoms with Gasteiger partial charge >= 0.3 is 0 Å². The predicted octanol–water partition coefficient (Wildman–Crippen LogP) is 6.80. The number of para-hydroxylation sites is 2. The fraction of sp³-hybridized carbons (Fsp3) is 0.263. The van der Waals surface area contributed by atoms with Crippen LogP contribution in [0.4, 0.5) is 0 Å². The number of unbranched alkanes of at least 4 members (excludes halogenated alkanes) is 2. The highest BCUT2D eigenvalue weighted by Gasteiger charge is 2.07. The third-order valence-corrected chi connectivity index (χ3v) is 6.78. The monoisotopic (exact) mass is 436 g/mol. The summed E-state index contributed by atoms with van der Waals surface area (Å²) in [7, 11) is 0. The Hall–Kier alpha value is -1.34. The summed E-state index contributed by atoms with van der Waals surface area (Å²) in [6, 6.07) is 11.8. The number of fused-ring (bicyclic) bond motifs is 2. The van der Waals surface area contributed by atoms with Crippen molar-refractivity contribution in [1.82, 2.24) is 19.9 Å². The Labute approximate surface area is 175 Å². The molecule has 0 saturated carbocycles. The largest absolute Gasteiger partial charge is 0.333 e. The highest BCUT2D eigenvalue weighted by molar-refractivity contribution is 7.99. The zero-order chi connectivity index (χ0) is 18.6. The number of hydrogen-bond donors (Lipinski definition) is 2. The average Bonchev–Trinajstić information content (AvgIpc) is 3.24. The lowest BCUT2D eigenvalue weighted by atomic mass is 10.3. The van der Waals surface area contributed by atoms with E-state index in [0.29, 0.717) is 10.0 Å². The second-order valence-corrected chi connectivity index (χ2v) is 9.12. The molecule has 0 bridgehead atoms. The van der Waals surface area contributed by atoms with Crippen LogP contribution < -0.4 is 0 Å². The van der Waals surface area contributed by atoms with Gasteiger partial charge in [-0.3, -0.25) is 0 Å². The van der Waals surface area contributed by atoms with Crippen LogP contribution in [-0.2, 0) is 0 Å². The summed E-state index contributed by atoms with van der Waals surface area (Å²) in [5.74, 6) is 2.11. The smallest absolute Gasteiger partial charge is 0.166 e. The molecule has 2 aromatic carbocycles. The molecule has 0 fully saturated rings. The molecule has 0 unspecified atom stereocenters. The molecule has 8 heteroatoms. The highest BCUT2D eigenvalue weighted by Crippen LogP contribution is 2.29. The third-order valence-electron chi connectivity index (χ3n) is 4.14. The van der Waals surface area contributed by atoms with E-state index < -0.39 is 0 Å². The molecular formula is C19H18Cl2N4S2. The molecule has 0 amide bonds. The summed E-state index contributed by atoms with van der Waals surface area (Å²) in [6.07, 6.45) is 3.52. The number of benzene rings is 2. The minimum atomic E-state index is 0.536. The molecule has 4 rings (SSSR count). The summed E-state index contributed by atoms with van der Waals surface area (Å²) in [4.78, 5) is 15.8. The first kappa shape index (κ1) is 19.0. The van der Waals surface area contributed by atoms with Gasteiger partial charge in [0.1, 0.15) is 0 Å². The van der Waals surface area contributed by atoms with Gasteiger partial charge in [0, 0.05) is 11.5 Å². The van der Waals surface area contributed by atoms with Crippen LogP contribution in [0.3, 0.4) is 0 Å². The summed E-state index contributed by atoms with van der Waals surface area (Å²) in [6.45, 7) is 0. The van der Waals surface area contributed by atoms with Gasteiger partial charge in [-0.05, 0) is 37.1 Å². The zero-order valence-corrected chi connectivity index (χ0v) is 17.6. The fourth-order valence-corrected chi connectivity index (χ4v) is 4.86. The Balaban J connectivity index is 1.17. The number of hydrogen-bond acceptors (Lipinski definition) is 4. The van der Waals surface area contributed by atoms with Gasteiger partial charge in [-0.25, -0.2) is 9.97 Å². The van der Waals surface area contributed by atoms with Gasteiger partial charge in [-0.15, -0.1) is 0 Å². The molecule has 4 nitrogen and oxygen atoms in total. The van der Waals surface area contributed by atoms with E-state index in [1.165, 1.54) is 12.8 Å². The Morgan fingerprint density at radius 1 is 0.741 bits per heavy atom. The third kappa shape index (κ3) is 4.74. The van der Waals surface area contributed by atoms with Crippen LogP contribution >= 0.6 is 46.7 Å². The zero-order valence-electron chi connectivity index (χ0n) is 14.5. The van der Waals surface area contributed by atoms with Gasteiger partial charge in [-0.2, -0.15) is 0 Å². The number of imidazole rings is 2. The number of nitrogens with zero attached hydrogens (tertiary/aromatic N) is 2. The average molecular weight is 437 g/mol. The lowest BCUT2D eigenvalue weighted by Crippen LogP contribution is -1.86. The van der Waals surface area contributed by atoms with E-state index in [2.05, 4.69) is 26.0 Å². The lowest BCUT2D eigenvalue weighted by Gasteiger charge is -1.99. The number of rotatable bonds is 8. The molecule has 0 atom stereocenters. The maximum atomic E-state index is 6.04. The minimum absolute atomic E-state index is 0.536. The van der Waals surface area contributed by atoms with E-state index in [9.17, 15) is 0 Å². The summed E-state index contributed by atoms with van der Waals surface area (Å²) in [5, 5.41) is 3.01. The van der Waals surface area contributed by atoms with Gasteiger partial charge < -0.3 is 9.97 Å². The minimum Gasteiger partial charge on any atom is -0.333 e. The summed E-state index contributed by atoms with van der Waals surface area (Å²) < 4.78 is 0. The number of H-pyrrole nitrogens is 2. The van der Waals surface area contributed by atoms with E-state index in [1.807, 2.05) is 24.3 Å². The van der Waals surface area contributed by atoms with Crippen molar-refractivity contribution in [3.63, 3.8) is 0 Å². The van der Waals surface area contributed by atoms with Crippen LogP contribution in [0.15, 0.2) is 46.7 Å². The van der Waals surface area contributed by atoms with Gasteiger partial charge in [0.2, 0.25) is 0 Å². The lowest BCUT2D eigenvalue weighted by molar-refractivity contribution is 0.783. The van der Waals surface area contributed by atoms with Gasteiger partial charge in [-0.1, -0.05) is 65.3 Å². The second-order valence-electron chi connectivity index (χ2n) is 6.14. The Morgan fingerprint density at radius 2 is 1.37 bits per heavy atom. The number of nitrogens with one attached hydrogen (secondary N) is 2. The normalized spacial score (nSPS) is 11.6. The van der Waals surface area contributed by atoms with Crippen molar-refractivity contribution in [2.75, 3.05) is 11.5 Å². The molecule has 0 saturated heterocycles. The number of thioether (sulfide) groups is 2. The van der Waals surface area contributed by atoms with Gasteiger partial charge in [0.05, 0.1) is 32.1 Å². The van der Waals surface area contributed by atoms with Crippen molar-refractivity contribution in [3.05, 3.63) is 46.4 Å². The van der Waals surface area contributed by atoms with Gasteiger partial charge in [0.15, 0.2) is 10.3 Å². The maximum absolute atomic E-state index is 6.04. The van der Waals surface area contributed by atoms with Crippen molar-refractivity contribution in [1.29, 1.82) is 0 Å². The van der Waals surface area contributed by atoms with Crippen molar-refractivity contribution in [2.45, 2.75) is 29.6 Å². The quantitative estimate of drug-likeness (QED) is 0.235. The van der Waals surface area contributed by atoms with Crippen molar-refractivity contribution in [3.8, 4) is 0 Å². The first-order valence-electron chi connectivity index (χ1n) is 8.74. The van der Waals surface area contributed by atoms with Crippen LogP contribution in [0.5, 0.6) is 0 Å². The standard InChI is InChI=1S/C19H18Cl2N4S2/c20-12-10-16-17(11-13(12)21)25-19(24-16)27-9-5-1-4-8-26-18-22-14-6-2-3-7-15(14)23-18/h2-3,6-7,10-11H,1,4-5,8-9H2,(H,22,23)(H,24,25).